The molecule has 0 aliphatic carbocycles. The smallest absolute Gasteiger partial charge is 0.325 e. The van der Waals surface area contributed by atoms with Crippen molar-refractivity contribution in [1.29, 1.82) is 0 Å². The quantitative estimate of drug-likeness (QED) is 0.539. The number of nitrogens with one attached hydrogen (secondary N) is 1. The predicted octanol–water partition coefficient (Wildman–Crippen LogP) is 2.32. The predicted molar refractivity (Wildman–Crippen MR) is 116 cm³/mol. The highest BCUT2D eigenvalue weighted by Gasteiger charge is 2.51. The van der Waals surface area contributed by atoms with Crippen LogP contribution in [0.15, 0.2) is 16.5 Å². The maximum absolute atomic E-state index is 13.2. The molecule has 1 N–H and O–H groups in total. The first-order chi connectivity index (χ1) is 14.8. The van der Waals surface area contributed by atoms with Gasteiger partial charge in [0, 0.05) is 28.6 Å². The number of hydrogen-bond acceptors (Lipinski definition) is 6. The molecule has 10 heteroatoms. The molecule has 2 aliphatic heterocycles. The third-order valence-corrected chi connectivity index (χ3v) is 8.27. The number of carbonyl (C=O) groups excluding carboxylic acids is 3. The Balaban J connectivity index is 1.58. The van der Waals surface area contributed by atoms with Crippen LogP contribution in [-0.2, 0) is 20.2 Å². The summed E-state index contributed by atoms with van der Waals surface area (Å²) in [6.45, 7) is 8.26. The first-order valence-corrected chi connectivity index (χ1v) is 12.3. The fourth-order valence-electron chi connectivity index (χ4n) is 4.98. The molecule has 2 aromatic rings. The molecule has 0 aromatic carbocycles. The SMILES string of the molecule is Cc1cc(C2(C)NC(=O)N(CC(=O)c3cc(C)n(C4CCS(=O)(=O)C4)c3C)C2=O)c(C)o1. The number of aromatic nitrogens is 1. The van der Waals surface area contributed by atoms with E-state index < -0.39 is 33.9 Å². The number of amides is 3. The van der Waals surface area contributed by atoms with Gasteiger partial charge in [0.05, 0.1) is 18.1 Å². The van der Waals surface area contributed by atoms with Crippen LogP contribution < -0.4 is 5.32 Å². The molecule has 32 heavy (non-hydrogen) atoms. The van der Waals surface area contributed by atoms with E-state index >= 15 is 0 Å². The molecule has 0 bridgehead atoms. The number of rotatable bonds is 5. The molecule has 2 aromatic heterocycles. The molecular formula is C22H27N3O6S. The average Bonchev–Trinajstić information content (AvgIpc) is 3.37. The fourth-order valence-corrected chi connectivity index (χ4v) is 6.68. The van der Waals surface area contributed by atoms with Crippen molar-refractivity contribution in [2.24, 2.45) is 0 Å². The van der Waals surface area contributed by atoms with Crippen molar-refractivity contribution in [3.63, 3.8) is 0 Å². The van der Waals surface area contributed by atoms with Crippen molar-refractivity contribution in [3.05, 3.63) is 46.2 Å². The number of Topliss-reactive ketones (excluding diaryl/α,β-unsaturated/α-hetero) is 1. The van der Waals surface area contributed by atoms with Crippen LogP contribution in [0.25, 0.3) is 0 Å². The van der Waals surface area contributed by atoms with Crippen LogP contribution in [0.3, 0.4) is 0 Å². The van der Waals surface area contributed by atoms with E-state index in [9.17, 15) is 22.8 Å². The Morgan fingerprint density at radius 1 is 1.22 bits per heavy atom. The molecule has 4 heterocycles. The molecule has 2 unspecified atom stereocenters. The zero-order chi connectivity index (χ0) is 23.6. The van der Waals surface area contributed by atoms with E-state index in [1.807, 2.05) is 11.5 Å². The van der Waals surface area contributed by atoms with Crippen molar-refractivity contribution < 1.29 is 27.2 Å². The van der Waals surface area contributed by atoms with Crippen LogP contribution >= 0.6 is 0 Å². The molecule has 9 nitrogen and oxygen atoms in total. The summed E-state index contributed by atoms with van der Waals surface area (Å²) in [5.74, 6) is 0.435. The normalized spacial score (nSPS) is 24.9. The summed E-state index contributed by atoms with van der Waals surface area (Å²) in [4.78, 5) is 39.9. The second-order valence-electron chi connectivity index (χ2n) is 8.91. The second kappa shape index (κ2) is 7.33. The molecule has 172 valence electrons. The average molecular weight is 462 g/mol. The number of hydrogen-bond donors (Lipinski definition) is 1. The van der Waals surface area contributed by atoms with Gasteiger partial charge in [0.15, 0.2) is 15.6 Å². The highest BCUT2D eigenvalue weighted by molar-refractivity contribution is 7.91. The van der Waals surface area contributed by atoms with E-state index in [4.69, 9.17) is 4.42 Å². The molecule has 4 rings (SSSR count). The van der Waals surface area contributed by atoms with Gasteiger partial charge >= 0.3 is 6.03 Å². The molecular weight excluding hydrogens is 434 g/mol. The Morgan fingerprint density at radius 2 is 1.91 bits per heavy atom. The number of urea groups is 1. The Bertz CT molecular complexity index is 1250. The number of nitrogens with zero attached hydrogens (tertiary/aromatic N) is 2. The number of furan rings is 1. The highest BCUT2D eigenvalue weighted by Crippen LogP contribution is 2.34. The summed E-state index contributed by atoms with van der Waals surface area (Å²) < 4.78 is 31.2. The standard InChI is InChI=1S/C22H27N3O6S/c1-12-8-17(14(3)25(12)16-6-7-32(29,30)11-16)19(26)10-24-20(27)22(5,23-21(24)28)18-9-13(2)31-15(18)4/h8-9,16H,6-7,10-11H2,1-5H3,(H,23,28). The van der Waals surface area contributed by atoms with Crippen molar-refractivity contribution in [2.75, 3.05) is 18.1 Å². The van der Waals surface area contributed by atoms with Gasteiger partial charge in [-0.05, 0) is 53.2 Å². The van der Waals surface area contributed by atoms with Gasteiger partial charge in [-0.2, -0.15) is 0 Å². The highest BCUT2D eigenvalue weighted by atomic mass is 32.2. The maximum Gasteiger partial charge on any atom is 0.325 e. The fraction of sp³-hybridized carbons (Fsp3) is 0.500. The molecule has 0 radical (unpaired) electrons. The van der Waals surface area contributed by atoms with Crippen LogP contribution in [0.1, 0.15) is 58.2 Å². The molecule has 2 fully saturated rings. The monoisotopic (exact) mass is 461 g/mol. The Labute approximate surface area is 186 Å². The minimum Gasteiger partial charge on any atom is -0.466 e. The van der Waals surface area contributed by atoms with Crippen molar-refractivity contribution in [1.82, 2.24) is 14.8 Å². The number of sulfone groups is 1. The lowest BCUT2D eigenvalue weighted by Gasteiger charge is -2.21. The summed E-state index contributed by atoms with van der Waals surface area (Å²) in [6.07, 6.45) is 0.501. The molecule has 0 spiro atoms. The zero-order valence-electron chi connectivity index (χ0n) is 18.8. The molecule has 2 saturated heterocycles. The topological polar surface area (TPSA) is 119 Å². The van der Waals surface area contributed by atoms with E-state index in [1.165, 1.54) is 0 Å². The molecule has 3 amide bonds. The van der Waals surface area contributed by atoms with E-state index in [1.54, 1.807) is 39.8 Å². The number of imide groups is 1. The van der Waals surface area contributed by atoms with Gasteiger partial charge in [0.25, 0.3) is 5.91 Å². The van der Waals surface area contributed by atoms with Crippen LogP contribution in [0.5, 0.6) is 0 Å². The van der Waals surface area contributed by atoms with Crippen molar-refractivity contribution in [3.8, 4) is 0 Å². The number of aryl methyl sites for hydroxylation is 3. The third kappa shape index (κ3) is 3.46. The Morgan fingerprint density at radius 3 is 2.47 bits per heavy atom. The zero-order valence-corrected chi connectivity index (χ0v) is 19.6. The van der Waals surface area contributed by atoms with Crippen LogP contribution in [0.2, 0.25) is 0 Å². The minimum absolute atomic E-state index is 0.0475. The lowest BCUT2D eigenvalue weighted by atomic mass is 9.92. The molecule has 0 saturated carbocycles. The van der Waals surface area contributed by atoms with Gasteiger partial charge in [-0.15, -0.1) is 0 Å². The van der Waals surface area contributed by atoms with Crippen LogP contribution in [-0.4, -0.2) is 53.7 Å². The summed E-state index contributed by atoms with van der Waals surface area (Å²) in [7, 11) is -3.08. The Hall–Kier alpha value is -2.88. The summed E-state index contributed by atoms with van der Waals surface area (Å²) in [5.41, 5.74) is 1.05. The first kappa shape index (κ1) is 22.3. The lowest BCUT2D eigenvalue weighted by Crippen LogP contribution is -2.41. The summed E-state index contributed by atoms with van der Waals surface area (Å²) >= 11 is 0. The molecule has 2 aliphatic rings. The van der Waals surface area contributed by atoms with Crippen molar-refractivity contribution >= 4 is 27.6 Å². The van der Waals surface area contributed by atoms with Gasteiger partial charge in [0.1, 0.15) is 17.1 Å². The third-order valence-electron chi connectivity index (χ3n) is 6.51. The largest absolute Gasteiger partial charge is 0.466 e. The van der Waals surface area contributed by atoms with Gasteiger partial charge in [-0.1, -0.05) is 0 Å². The minimum atomic E-state index is -3.08. The summed E-state index contributed by atoms with van der Waals surface area (Å²) in [5, 5.41) is 2.70. The number of ketones is 1. The molecule has 2 atom stereocenters. The van der Waals surface area contributed by atoms with E-state index in [-0.39, 0.29) is 23.3 Å². The van der Waals surface area contributed by atoms with Gasteiger partial charge in [-0.3, -0.25) is 14.5 Å². The maximum atomic E-state index is 13.2. The van der Waals surface area contributed by atoms with Crippen molar-refractivity contribution in [2.45, 2.75) is 52.6 Å². The van der Waals surface area contributed by atoms with E-state index in [2.05, 4.69) is 5.32 Å². The van der Waals surface area contributed by atoms with Crippen LogP contribution in [0.4, 0.5) is 4.79 Å². The van der Waals surface area contributed by atoms with Gasteiger partial charge in [-0.25, -0.2) is 13.2 Å². The summed E-state index contributed by atoms with van der Waals surface area (Å²) in [6, 6.07) is 2.56. The van der Waals surface area contributed by atoms with Gasteiger partial charge < -0.3 is 14.3 Å². The van der Waals surface area contributed by atoms with E-state index in [0.717, 1.165) is 10.6 Å². The van der Waals surface area contributed by atoms with Crippen LogP contribution in [0, 0.1) is 27.7 Å². The Kier molecular flexibility index (Phi) is 5.11. The first-order valence-electron chi connectivity index (χ1n) is 10.5. The lowest BCUT2D eigenvalue weighted by molar-refractivity contribution is -0.130. The number of carbonyl (C=O) groups is 3. The second-order valence-corrected chi connectivity index (χ2v) is 11.1. The van der Waals surface area contributed by atoms with E-state index in [0.29, 0.717) is 34.8 Å². The van der Waals surface area contributed by atoms with Gasteiger partial charge in [0.2, 0.25) is 0 Å².